The maximum absolute atomic E-state index is 12.3. The van der Waals surface area contributed by atoms with Gasteiger partial charge in [-0.1, -0.05) is 31.2 Å². The Bertz CT molecular complexity index is 907. The van der Waals surface area contributed by atoms with Crippen LogP contribution in [0.3, 0.4) is 0 Å². The van der Waals surface area contributed by atoms with Crippen molar-refractivity contribution in [2.24, 2.45) is 4.99 Å². The fraction of sp³-hybridized carbons (Fsp3) is 0.500. The molecule has 3 N–H and O–H groups in total. The van der Waals surface area contributed by atoms with Gasteiger partial charge in [-0.15, -0.1) is 11.3 Å². The lowest BCUT2D eigenvalue weighted by molar-refractivity contribution is 0.568. The maximum atomic E-state index is 12.3. The molecule has 0 aliphatic carbocycles. The van der Waals surface area contributed by atoms with Crippen molar-refractivity contribution < 1.29 is 8.42 Å². The Balaban J connectivity index is 1.90. The first-order valence-electron chi connectivity index (χ1n) is 9.77. The first-order valence-corrected chi connectivity index (χ1v) is 12.2. The third-order valence-corrected chi connectivity index (χ3v) is 6.85. The van der Waals surface area contributed by atoms with Crippen molar-refractivity contribution in [3.8, 4) is 0 Å². The molecule has 9 heteroatoms. The molecule has 29 heavy (non-hydrogen) atoms. The van der Waals surface area contributed by atoms with Crippen LogP contribution in [0, 0.1) is 0 Å². The smallest absolute Gasteiger partial charge is 0.216 e. The molecule has 160 valence electrons. The first-order chi connectivity index (χ1) is 13.8. The first kappa shape index (κ1) is 23.3. The van der Waals surface area contributed by atoms with Gasteiger partial charge in [0.1, 0.15) is 0 Å². The Hall–Kier alpha value is -1.97. The summed E-state index contributed by atoms with van der Waals surface area (Å²) in [6.07, 6.45) is 3.78. The summed E-state index contributed by atoms with van der Waals surface area (Å²) in [4.78, 5) is 9.96. The highest BCUT2D eigenvalue weighted by Gasteiger charge is 2.15. The second-order valence-electron chi connectivity index (χ2n) is 6.98. The van der Waals surface area contributed by atoms with Crippen LogP contribution in [-0.4, -0.2) is 39.0 Å². The zero-order chi connectivity index (χ0) is 21.3. The second kappa shape index (κ2) is 11.3. The highest BCUT2D eigenvalue weighted by molar-refractivity contribution is 7.88. The van der Waals surface area contributed by atoms with Crippen LogP contribution in [0.5, 0.6) is 0 Å². The second-order valence-corrected chi connectivity index (χ2v) is 9.93. The average molecular weight is 438 g/mol. The fourth-order valence-electron chi connectivity index (χ4n) is 2.79. The van der Waals surface area contributed by atoms with Gasteiger partial charge in [0.25, 0.3) is 0 Å². The van der Waals surface area contributed by atoms with Crippen molar-refractivity contribution in [1.29, 1.82) is 0 Å². The summed E-state index contributed by atoms with van der Waals surface area (Å²) in [6, 6.07) is 7.42. The van der Waals surface area contributed by atoms with Crippen molar-refractivity contribution >= 4 is 27.3 Å². The summed E-state index contributed by atoms with van der Waals surface area (Å²) in [5.41, 5.74) is 1.70. The Labute approximate surface area is 178 Å². The summed E-state index contributed by atoms with van der Waals surface area (Å²) in [5, 5.41) is 7.66. The topological polar surface area (TPSA) is 95.5 Å². The normalized spacial score (nSPS) is 12.4. The third-order valence-electron chi connectivity index (χ3n) is 4.13. The molecule has 0 aliphatic heterocycles. The lowest BCUT2D eigenvalue weighted by atomic mass is 10.1. The van der Waals surface area contributed by atoms with E-state index in [0.717, 1.165) is 35.5 Å². The largest absolute Gasteiger partial charge is 0.356 e. The molecule has 1 aromatic carbocycles. The Morgan fingerprint density at radius 2 is 1.93 bits per heavy atom. The number of sulfonamides is 1. The van der Waals surface area contributed by atoms with Gasteiger partial charge < -0.3 is 10.6 Å². The zero-order valence-electron chi connectivity index (χ0n) is 17.5. The van der Waals surface area contributed by atoms with Crippen molar-refractivity contribution in [3.63, 3.8) is 0 Å². The van der Waals surface area contributed by atoms with Crippen molar-refractivity contribution in [2.75, 3.05) is 13.6 Å². The lowest BCUT2D eigenvalue weighted by Gasteiger charge is -2.15. The minimum absolute atomic E-state index is 0.0428. The molecule has 0 bridgehead atoms. The number of guanidine groups is 1. The SMILES string of the molecule is CCc1cnc(CCNC(=NC)NCc2ccccc2CS(=O)(=O)NC(C)C)s1. The number of hydrogen-bond acceptors (Lipinski definition) is 5. The molecule has 1 heterocycles. The van der Waals surface area contributed by atoms with Crippen LogP contribution < -0.4 is 15.4 Å². The Kier molecular flexibility index (Phi) is 9.06. The van der Waals surface area contributed by atoms with Crippen molar-refractivity contribution in [3.05, 3.63) is 51.5 Å². The van der Waals surface area contributed by atoms with Gasteiger partial charge in [0.2, 0.25) is 10.0 Å². The number of aryl methyl sites for hydroxylation is 1. The van der Waals surface area contributed by atoms with Crippen LogP contribution in [0.15, 0.2) is 35.5 Å². The van der Waals surface area contributed by atoms with Gasteiger partial charge in [-0.2, -0.15) is 0 Å². The van der Waals surface area contributed by atoms with Crippen LogP contribution >= 0.6 is 11.3 Å². The molecule has 0 atom stereocenters. The minimum Gasteiger partial charge on any atom is -0.356 e. The summed E-state index contributed by atoms with van der Waals surface area (Å²) >= 11 is 1.74. The standard InChI is InChI=1S/C20H31N5O2S2/c1-5-18-13-23-19(28-18)10-11-22-20(21-4)24-12-16-8-6-7-9-17(16)14-29(26,27)25-15(2)3/h6-9,13,15,25H,5,10-12,14H2,1-4H3,(H2,21,22,24). The molecule has 0 aliphatic rings. The summed E-state index contributed by atoms with van der Waals surface area (Å²) in [7, 11) is -1.66. The molecule has 0 unspecified atom stereocenters. The molecule has 1 aromatic heterocycles. The molecule has 0 saturated heterocycles. The maximum Gasteiger partial charge on any atom is 0.216 e. The molecular weight excluding hydrogens is 406 g/mol. The zero-order valence-corrected chi connectivity index (χ0v) is 19.2. The van der Waals surface area contributed by atoms with E-state index in [1.54, 1.807) is 18.4 Å². The van der Waals surface area contributed by atoms with E-state index in [2.05, 4.69) is 32.3 Å². The predicted molar refractivity (Wildman–Crippen MR) is 121 cm³/mol. The van der Waals surface area contributed by atoms with Gasteiger partial charge in [0.05, 0.1) is 10.8 Å². The molecule has 0 spiro atoms. The van der Waals surface area contributed by atoms with Crippen molar-refractivity contribution in [2.45, 2.75) is 52.0 Å². The number of hydrogen-bond donors (Lipinski definition) is 3. The van der Waals surface area contributed by atoms with E-state index in [1.807, 2.05) is 44.3 Å². The van der Waals surface area contributed by atoms with E-state index in [0.29, 0.717) is 12.5 Å². The molecule has 0 fully saturated rings. The molecule has 0 amide bonds. The molecule has 2 aromatic rings. The quantitative estimate of drug-likeness (QED) is 0.392. The van der Waals surface area contributed by atoms with Gasteiger partial charge in [0, 0.05) is 43.7 Å². The molecular formula is C20H31N5O2S2. The predicted octanol–water partition coefficient (Wildman–Crippen LogP) is 2.44. The number of rotatable bonds is 10. The summed E-state index contributed by atoms with van der Waals surface area (Å²) in [6.45, 7) is 6.98. The van der Waals surface area contributed by atoms with E-state index < -0.39 is 10.0 Å². The Morgan fingerprint density at radius 1 is 1.21 bits per heavy atom. The number of aliphatic imine (C=N–C) groups is 1. The van der Waals surface area contributed by atoms with Gasteiger partial charge in [-0.3, -0.25) is 4.99 Å². The molecule has 0 radical (unpaired) electrons. The molecule has 7 nitrogen and oxygen atoms in total. The van der Waals surface area contributed by atoms with Crippen LogP contribution in [0.1, 0.15) is 41.8 Å². The van der Waals surface area contributed by atoms with Gasteiger partial charge in [-0.05, 0) is 31.4 Å². The number of nitrogens with zero attached hydrogens (tertiary/aromatic N) is 2. The van der Waals surface area contributed by atoms with E-state index in [9.17, 15) is 8.42 Å². The minimum atomic E-state index is -3.38. The third kappa shape index (κ3) is 8.12. The van der Waals surface area contributed by atoms with Crippen LogP contribution in [-0.2, 0) is 35.2 Å². The average Bonchev–Trinajstić information content (AvgIpc) is 3.12. The van der Waals surface area contributed by atoms with Crippen LogP contribution in [0.2, 0.25) is 0 Å². The van der Waals surface area contributed by atoms with E-state index in [-0.39, 0.29) is 11.8 Å². The monoisotopic (exact) mass is 437 g/mol. The van der Waals surface area contributed by atoms with Crippen LogP contribution in [0.4, 0.5) is 0 Å². The molecule has 2 rings (SSSR count). The fourth-order valence-corrected chi connectivity index (χ4v) is 5.15. The van der Waals surface area contributed by atoms with E-state index in [1.165, 1.54) is 4.88 Å². The number of aromatic nitrogens is 1. The van der Waals surface area contributed by atoms with Crippen molar-refractivity contribution in [1.82, 2.24) is 20.3 Å². The van der Waals surface area contributed by atoms with Crippen LogP contribution in [0.25, 0.3) is 0 Å². The van der Waals surface area contributed by atoms with Gasteiger partial charge in [-0.25, -0.2) is 18.1 Å². The van der Waals surface area contributed by atoms with E-state index in [4.69, 9.17) is 0 Å². The lowest BCUT2D eigenvalue weighted by Crippen LogP contribution is -2.38. The van der Waals surface area contributed by atoms with Gasteiger partial charge in [0.15, 0.2) is 5.96 Å². The highest BCUT2D eigenvalue weighted by atomic mass is 32.2. The van der Waals surface area contributed by atoms with E-state index >= 15 is 0 Å². The van der Waals surface area contributed by atoms with Gasteiger partial charge >= 0.3 is 0 Å². The summed E-state index contributed by atoms with van der Waals surface area (Å²) in [5.74, 6) is 0.633. The Morgan fingerprint density at radius 3 is 2.55 bits per heavy atom. The number of thiazole rings is 1. The number of nitrogens with one attached hydrogen (secondary N) is 3. The highest BCUT2D eigenvalue weighted by Crippen LogP contribution is 2.14. The number of benzene rings is 1. The molecule has 0 saturated carbocycles. The summed E-state index contributed by atoms with van der Waals surface area (Å²) < 4.78 is 27.2.